The van der Waals surface area contributed by atoms with Crippen molar-refractivity contribution in [2.75, 3.05) is 30.7 Å². The number of carbonyl (C=O) groups excluding carboxylic acids is 2. The van der Waals surface area contributed by atoms with E-state index in [2.05, 4.69) is 15.3 Å². The third-order valence-electron chi connectivity index (χ3n) is 4.71. The molecular formula is C22H24N3O5S3Si. The minimum Gasteiger partial charge on any atom is -0.495 e. The molecular weight excluding hydrogens is 511 g/mol. The van der Waals surface area contributed by atoms with E-state index < -0.39 is 24.7 Å². The summed E-state index contributed by atoms with van der Waals surface area (Å²) in [6.45, 7) is 0. The Kier molecular flexibility index (Phi) is 8.88. The smallest absolute Gasteiger partial charge is 0.282 e. The quantitative estimate of drug-likeness (QED) is 0.376. The fraction of sp³-hybridized carbons (Fsp3) is 0.227. The number of methoxy groups -OCH3 is 1. The Balaban J connectivity index is 1.76. The summed E-state index contributed by atoms with van der Waals surface area (Å²) in [7, 11) is -4.28. The molecule has 2 amide bonds. The Morgan fingerprint density at radius 3 is 2.56 bits per heavy atom. The molecule has 0 aliphatic carbocycles. The highest BCUT2D eigenvalue weighted by Crippen LogP contribution is 2.26. The standard InChI is InChI=1S/C22H24N3O5S3Si/c1-30-18-10-9-16(13-19(18)33(3,28)29)20(26)25-34(12-11-31-2)22(27)24-21-23-17(14-32-21)15-7-5-4-6-8-15/h4-10,13-14H,11-12H2,1-3H3,(H,25,26)(H,23,24,27). The van der Waals surface area contributed by atoms with Crippen LogP contribution in [0.15, 0.2) is 58.8 Å². The molecule has 1 radical (unpaired) electrons. The number of sulfone groups is 1. The lowest BCUT2D eigenvalue weighted by Crippen LogP contribution is -2.47. The molecule has 34 heavy (non-hydrogen) atoms. The number of thioether (sulfide) groups is 1. The maximum Gasteiger partial charge on any atom is 0.282 e. The molecule has 3 rings (SSSR count). The summed E-state index contributed by atoms with van der Waals surface area (Å²) in [5, 5.41) is 5.14. The lowest BCUT2D eigenvalue weighted by molar-refractivity contribution is 0.0978. The Morgan fingerprint density at radius 2 is 1.91 bits per heavy atom. The van der Waals surface area contributed by atoms with Gasteiger partial charge in [-0.15, -0.1) is 11.3 Å². The van der Waals surface area contributed by atoms with E-state index in [4.69, 9.17) is 4.74 Å². The largest absolute Gasteiger partial charge is 0.495 e. The molecule has 2 aromatic carbocycles. The molecule has 8 nitrogen and oxygen atoms in total. The summed E-state index contributed by atoms with van der Waals surface area (Å²) in [5.41, 5.74) is 1.55. The molecule has 0 spiro atoms. The van der Waals surface area contributed by atoms with Gasteiger partial charge in [-0.2, -0.15) is 11.8 Å². The molecule has 0 atom stereocenters. The van der Waals surface area contributed by atoms with Crippen LogP contribution in [0.3, 0.4) is 0 Å². The van der Waals surface area contributed by atoms with Gasteiger partial charge in [-0.05, 0) is 36.3 Å². The predicted molar refractivity (Wildman–Crippen MR) is 139 cm³/mol. The summed E-state index contributed by atoms with van der Waals surface area (Å²) < 4.78 is 29.3. The van der Waals surface area contributed by atoms with E-state index in [0.717, 1.165) is 17.5 Å². The van der Waals surface area contributed by atoms with E-state index in [0.29, 0.717) is 16.9 Å². The molecule has 1 heterocycles. The number of thiazole rings is 1. The molecule has 0 unspecified atom stereocenters. The first-order valence-electron chi connectivity index (χ1n) is 10.1. The normalized spacial score (nSPS) is 11.3. The van der Waals surface area contributed by atoms with E-state index in [1.54, 1.807) is 11.8 Å². The topological polar surface area (TPSA) is 114 Å². The van der Waals surface area contributed by atoms with Crippen molar-refractivity contribution < 1.29 is 22.7 Å². The monoisotopic (exact) mass is 534 g/mol. The number of ether oxygens (including phenoxy) is 1. The highest BCUT2D eigenvalue weighted by atomic mass is 32.2. The van der Waals surface area contributed by atoms with Gasteiger partial charge in [-0.3, -0.25) is 9.59 Å². The second kappa shape index (κ2) is 11.6. The number of aromatic nitrogens is 1. The van der Waals surface area contributed by atoms with Gasteiger partial charge in [0.1, 0.15) is 10.6 Å². The van der Waals surface area contributed by atoms with E-state index in [1.807, 2.05) is 42.0 Å². The molecule has 12 heteroatoms. The van der Waals surface area contributed by atoms with Crippen molar-refractivity contribution in [2.45, 2.75) is 10.9 Å². The number of anilines is 1. The summed E-state index contributed by atoms with van der Waals surface area (Å²) in [4.78, 5) is 33.2. The Bertz CT molecular complexity index is 1270. The van der Waals surface area contributed by atoms with Gasteiger partial charge in [-0.25, -0.2) is 13.4 Å². The number of carbonyl (C=O) groups is 2. The van der Waals surface area contributed by atoms with E-state index in [1.165, 1.54) is 36.6 Å². The number of amides is 2. The summed E-state index contributed by atoms with van der Waals surface area (Å²) in [5.74, 6) is 0.330. The van der Waals surface area contributed by atoms with Gasteiger partial charge < -0.3 is 15.0 Å². The van der Waals surface area contributed by atoms with Crippen molar-refractivity contribution in [3.05, 3.63) is 59.5 Å². The maximum atomic E-state index is 13.0. The fourth-order valence-corrected chi connectivity index (χ4v) is 7.45. The molecule has 0 aliphatic rings. The predicted octanol–water partition coefficient (Wildman–Crippen LogP) is 4.12. The molecule has 2 N–H and O–H groups in total. The lowest BCUT2D eigenvalue weighted by atomic mass is 10.2. The molecule has 3 aromatic rings. The third kappa shape index (κ3) is 6.69. The second-order valence-electron chi connectivity index (χ2n) is 7.17. The summed E-state index contributed by atoms with van der Waals surface area (Å²) in [6, 6.07) is 14.3. The molecule has 179 valence electrons. The zero-order chi connectivity index (χ0) is 24.7. The van der Waals surface area contributed by atoms with Crippen LogP contribution >= 0.6 is 23.1 Å². The van der Waals surface area contributed by atoms with Crippen LogP contribution < -0.4 is 15.0 Å². The zero-order valence-electron chi connectivity index (χ0n) is 18.8. The summed E-state index contributed by atoms with van der Waals surface area (Å²) >= 11 is 2.89. The van der Waals surface area contributed by atoms with Crippen molar-refractivity contribution in [3.8, 4) is 17.0 Å². The van der Waals surface area contributed by atoms with Gasteiger partial charge in [0.05, 0.1) is 12.8 Å². The Hall–Kier alpha value is -2.67. The van der Waals surface area contributed by atoms with Crippen LogP contribution in [0.2, 0.25) is 6.04 Å². The third-order valence-corrected chi connectivity index (χ3v) is 9.52. The molecule has 0 saturated carbocycles. The van der Waals surface area contributed by atoms with Crippen LogP contribution in [0, 0.1) is 0 Å². The lowest BCUT2D eigenvalue weighted by Gasteiger charge is -2.15. The molecule has 0 saturated heterocycles. The van der Waals surface area contributed by atoms with Crippen molar-refractivity contribution in [2.24, 2.45) is 0 Å². The molecule has 0 bridgehead atoms. The Morgan fingerprint density at radius 1 is 1.18 bits per heavy atom. The van der Waals surface area contributed by atoms with Crippen LogP contribution in [0.5, 0.6) is 5.75 Å². The van der Waals surface area contributed by atoms with Gasteiger partial charge in [0.25, 0.3) is 8.96 Å². The van der Waals surface area contributed by atoms with Gasteiger partial charge in [-0.1, -0.05) is 30.3 Å². The number of hydrogen-bond acceptors (Lipinski definition) is 8. The van der Waals surface area contributed by atoms with E-state index in [-0.39, 0.29) is 21.7 Å². The van der Waals surface area contributed by atoms with Crippen molar-refractivity contribution in [1.29, 1.82) is 0 Å². The van der Waals surface area contributed by atoms with Gasteiger partial charge in [0.2, 0.25) is 11.4 Å². The average molecular weight is 535 g/mol. The first kappa shape index (κ1) is 25.9. The summed E-state index contributed by atoms with van der Waals surface area (Å²) in [6.07, 6.45) is 2.97. The maximum absolute atomic E-state index is 13.0. The van der Waals surface area contributed by atoms with E-state index >= 15 is 0 Å². The highest BCUT2D eigenvalue weighted by Gasteiger charge is 2.27. The van der Waals surface area contributed by atoms with Gasteiger partial charge in [0, 0.05) is 22.8 Å². The number of benzene rings is 2. The van der Waals surface area contributed by atoms with E-state index in [9.17, 15) is 18.0 Å². The number of rotatable bonds is 10. The number of hydrogen-bond donors (Lipinski definition) is 2. The number of nitrogens with zero attached hydrogens (tertiary/aromatic N) is 1. The van der Waals surface area contributed by atoms with Crippen LogP contribution in [0.4, 0.5) is 9.93 Å². The first-order chi connectivity index (χ1) is 16.2. The van der Waals surface area contributed by atoms with Gasteiger partial charge >= 0.3 is 0 Å². The van der Waals surface area contributed by atoms with Crippen LogP contribution in [0.25, 0.3) is 11.3 Å². The van der Waals surface area contributed by atoms with Gasteiger partial charge in [0.15, 0.2) is 15.0 Å². The SMILES string of the molecule is COc1ccc(C(=O)N[Si](CCSC)C(=O)Nc2nc(-c3ccccc3)cs2)cc1S(C)(=O)=O. The van der Waals surface area contributed by atoms with Crippen molar-refractivity contribution >= 4 is 58.5 Å². The minimum absolute atomic E-state index is 0.0822. The molecule has 1 aromatic heterocycles. The Labute approximate surface area is 208 Å². The first-order valence-corrected chi connectivity index (χ1v) is 16.0. The van der Waals surface area contributed by atoms with Crippen molar-refractivity contribution in [3.63, 3.8) is 0 Å². The van der Waals surface area contributed by atoms with Crippen molar-refractivity contribution in [1.82, 2.24) is 9.97 Å². The van der Waals surface area contributed by atoms with Crippen LogP contribution in [0.1, 0.15) is 10.4 Å². The minimum atomic E-state index is -3.61. The van der Waals surface area contributed by atoms with Crippen LogP contribution in [-0.2, 0) is 9.84 Å². The van der Waals surface area contributed by atoms with Crippen LogP contribution in [-0.4, -0.2) is 59.2 Å². The molecule has 0 aliphatic heterocycles. The fourth-order valence-electron chi connectivity index (χ4n) is 3.00. The second-order valence-corrected chi connectivity index (χ2v) is 13.2. The number of nitrogens with one attached hydrogen (secondary N) is 2. The average Bonchev–Trinajstić information content (AvgIpc) is 3.29. The highest BCUT2D eigenvalue weighted by molar-refractivity contribution is 7.98. The molecule has 0 fully saturated rings. The zero-order valence-corrected chi connectivity index (χ0v) is 22.3.